The second kappa shape index (κ2) is 10.0. The topological polar surface area (TPSA) is 117 Å². The summed E-state index contributed by atoms with van der Waals surface area (Å²) in [5.74, 6) is -1.90. The summed E-state index contributed by atoms with van der Waals surface area (Å²) in [6.07, 6.45) is -0.689. The van der Waals surface area contributed by atoms with Gasteiger partial charge in [-0.15, -0.1) is 0 Å². The Bertz CT molecular complexity index is 1280. The van der Waals surface area contributed by atoms with Crippen molar-refractivity contribution in [1.29, 1.82) is 0 Å². The minimum Gasteiger partial charge on any atom is -0.480 e. The first kappa shape index (κ1) is 26.2. The molecule has 9 nitrogen and oxygen atoms in total. The van der Waals surface area contributed by atoms with Crippen molar-refractivity contribution in [2.45, 2.75) is 72.3 Å². The lowest BCUT2D eigenvalue weighted by Crippen LogP contribution is -2.54. The molecule has 0 amide bonds. The summed E-state index contributed by atoms with van der Waals surface area (Å²) in [6, 6.07) is 9.34. The van der Waals surface area contributed by atoms with Crippen LogP contribution in [0.4, 0.5) is 0 Å². The third kappa shape index (κ3) is 4.86. The zero-order valence-electron chi connectivity index (χ0n) is 21.0. The summed E-state index contributed by atoms with van der Waals surface area (Å²) in [5.41, 5.74) is -1.35. The van der Waals surface area contributed by atoms with E-state index in [9.17, 15) is 24.3 Å². The largest absolute Gasteiger partial charge is 0.480 e. The predicted molar refractivity (Wildman–Crippen MR) is 130 cm³/mol. The SMILES string of the molecule is CCOC(=O)C1=C(C)c2c(n(C[C@@H](OC(C)C)c3ccccc3)c(=O)n(C(C)(C)C(=O)O)c2=O)C1. The molecule has 35 heavy (non-hydrogen) atoms. The van der Waals surface area contributed by atoms with Gasteiger partial charge in [0.15, 0.2) is 0 Å². The molecule has 0 radical (unpaired) electrons. The van der Waals surface area contributed by atoms with Gasteiger partial charge < -0.3 is 14.6 Å². The highest BCUT2D eigenvalue weighted by Crippen LogP contribution is 2.32. The van der Waals surface area contributed by atoms with E-state index in [1.54, 1.807) is 13.8 Å². The molecule has 0 saturated carbocycles. The number of rotatable bonds is 9. The second-order valence-corrected chi connectivity index (χ2v) is 9.30. The van der Waals surface area contributed by atoms with Crippen LogP contribution in [0.5, 0.6) is 0 Å². The third-order valence-electron chi connectivity index (χ3n) is 6.19. The van der Waals surface area contributed by atoms with Gasteiger partial charge in [-0.1, -0.05) is 30.3 Å². The van der Waals surface area contributed by atoms with Crippen LogP contribution in [0.15, 0.2) is 45.5 Å². The number of nitrogens with zero attached hydrogens (tertiary/aromatic N) is 2. The minimum atomic E-state index is -1.82. The molecule has 1 aromatic heterocycles. The number of carbonyl (C=O) groups excluding carboxylic acids is 1. The summed E-state index contributed by atoms with van der Waals surface area (Å²) in [4.78, 5) is 51.9. The van der Waals surface area contributed by atoms with E-state index >= 15 is 0 Å². The van der Waals surface area contributed by atoms with Gasteiger partial charge in [-0.3, -0.25) is 9.36 Å². The molecule has 1 aromatic carbocycles. The van der Waals surface area contributed by atoms with Crippen molar-refractivity contribution in [3.63, 3.8) is 0 Å². The molecule has 1 heterocycles. The minimum absolute atomic E-state index is 0.0298. The molecule has 1 aliphatic rings. The summed E-state index contributed by atoms with van der Waals surface area (Å²) in [7, 11) is 0. The molecule has 0 fully saturated rings. The molecule has 0 saturated heterocycles. The average molecular weight is 485 g/mol. The van der Waals surface area contributed by atoms with Gasteiger partial charge in [0, 0.05) is 17.7 Å². The van der Waals surface area contributed by atoms with Gasteiger partial charge in [-0.25, -0.2) is 19.0 Å². The molecule has 2 aromatic rings. The van der Waals surface area contributed by atoms with Crippen molar-refractivity contribution >= 4 is 17.5 Å². The fraction of sp³-hybridized carbons (Fsp3) is 0.462. The number of esters is 1. The van der Waals surface area contributed by atoms with Crippen LogP contribution in [0, 0.1) is 0 Å². The third-order valence-corrected chi connectivity index (χ3v) is 6.19. The highest BCUT2D eigenvalue weighted by molar-refractivity contribution is 6.00. The molecule has 1 atom stereocenters. The van der Waals surface area contributed by atoms with E-state index in [1.165, 1.54) is 18.4 Å². The van der Waals surface area contributed by atoms with Crippen LogP contribution in [0.2, 0.25) is 0 Å². The Labute approximate surface area is 203 Å². The van der Waals surface area contributed by atoms with E-state index in [0.29, 0.717) is 11.3 Å². The molecule has 1 N–H and O–H groups in total. The number of fused-ring (bicyclic) bond motifs is 1. The van der Waals surface area contributed by atoms with Gasteiger partial charge >= 0.3 is 17.6 Å². The number of carbonyl (C=O) groups is 2. The molecular weight excluding hydrogens is 452 g/mol. The Hall–Kier alpha value is -3.46. The molecule has 0 unspecified atom stereocenters. The number of aromatic nitrogens is 2. The molecule has 9 heteroatoms. The Morgan fingerprint density at radius 1 is 1.14 bits per heavy atom. The Kier molecular flexibility index (Phi) is 7.50. The second-order valence-electron chi connectivity index (χ2n) is 9.30. The van der Waals surface area contributed by atoms with Gasteiger partial charge in [0.25, 0.3) is 5.56 Å². The van der Waals surface area contributed by atoms with E-state index in [-0.39, 0.29) is 36.8 Å². The number of hydrogen-bond acceptors (Lipinski definition) is 6. The lowest BCUT2D eigenvalue weighted by Gasteiger charge is -2.27. The Morgan fingerprint density at radius 2 is 1.77 bits per heavy atom. The monoisotopic (exact) mass is 484 g/mol. The first-order chi connectivity index (χ1) is 16.4. The van der Waals surface area contributed by atoms with E-state index in [2.05, 4.69) is 0 Å². The molecule has 0 spiro atoms. The zero-order valence-corrected chi connectivity index (χ0v) is 21.0. The van der Waals surface area contributed by atoms with Crippen molar-refractivity contribution in [2.24, 2.45) is 0 Å². The van der Waals surface area contributed by atoms with Crippen LogP contribution in [0.25, 0.3) is 5.57 Å². The predicted octanol–water partition coefficient (Wildman–Crippen LogP) is 2.89. The van der Waals surface area contributed by atoms with Crippen LogP contribution in [0.1, 0.15) is 64.5 Å². The highest BCUT2D eigenvalue weighted by Gasteiger charge is 2.39. The zero-order chi connectivity index (χ0) is 26.1. The molecule has 1 aliphatic carbocycles. The number of carboxylic acids is 1. The molecular formula is C26H32N2O7. The van der Waals surface area contributed by atoms with E-state index in [1.807, 2.05) is 44.2 Å². The fourth-order valence-corrected chi connectivity index (χ4v) is 4.31. The van der Waals surface area contributed by atoms with Crippen molar-refractivity contribution in [1.82, 2.24) is 9.13 Å². The summed E-state index contributed by atoms with van der Waals surface area (Å²) in [5, 5.41) is 9.82. The number of carboxylic acid groups (broad SMARTS) is 1. The van der Waals surface area contributed by atoms with Crippen LogP contribution in [-0.4, -0.2) is 38.9 Å². The van der Waals surface area contributed by atoms with Gasteiger partial charge in [0.05, 0.1) is 24.8 Å². The smallest absolute Gasteiger partial charge is 0.334 e. The quantitative estimate of drug-likeness (QED) is 0.544. The maximum atomic E-state index is 13.7. The molecule has 188 valence electrons. The fourth-order valence-electron chi connectivity index (χ4n) is 4.31. The van der Waals surface area contributed by atoms with Crippen LogP contribution < -0.4 is 11.2 Å². The van der Waals surface area contributed by atoms with Gasteiger partial charge in [0.1, 0.15) is 11.6 Å². The highest BCUT2D eigenvalue weighted by atomic mass is 16.5. The standard InChI is InChI=1S/C26H32N2O7/c1-7-34-23(30)18-13-19-21(16(18)4)22(29)28(26(5,6)24(31)32)25(33)27(19)14-20(35-15(2)3)17-11-9-8-10-12-17/h8-12,15,20H,7,13-14H2,1-6H3,(H,31,32)/t20-/m1/s1. The van der Waals surface area contributed by atoms with Gasteiger partial charge in [0.2, 0.25) is 0 Å². The Balaban J connectivity index is 2.29. The van der Waals surface area contributed by atoms with E-state index in [0.717, 1.165) is 10.1 Å². The first-order valence-corrected chi connectivity index (χ1v) is 11.6. The molecule has 3 rings (SSSR count). The van der Waals surface area contributed by atoms with Crippen LogP contribution >= 0.6 is 0 Å². The number of hydrogen-bond donors (Lipinski definition) is 1. The van der Waals surface area contributed by atoms with E-state index in [4.69, 9.17) is 9.47 Å². The molecule has 0 aliphatic heterocycles. The van der Waals surface area contributed by atoms with Gasteiger partial charge in [-0.2, -0.15) is 0 Å². The lowest BCUT2D eigenvalue weighted by molar-refractivity contribution is -0.146. The molecule has 0 bridgehead atoms. The summed E-state index contributed by atoms with van der Waals surface area (Å²) in [6.45, 7) is 9.84. The number of benzene rings is 1. The average Bonchev–Trinajstić information content (AvgIpc) is 3.13. The summed E-state index contributed by atoms with van der Waals surface area (Å²) >= 11 is 0. The van der Waals surface area contributed by atoms with E-state index < -0.39 is 34.8 Å². The number of aliphatic carboxylic acids is 1. The number of ether oxygens (including phenoxy) is 2. The van der Waals surface area contributed by atoms with Crippen molar-refractivity contribution < 1.29 is 24.2 Å². The lowest BCUT2D eigenvalue weighted by atomic mass is 10.0. The van der Waals surface area contributed by atoms with Gasteiger partial charge in [-0.05, 0) is 52.7 Å². The van der Waals surface area contributed by atoms with Crippen LogP contribution in [-0.2, 0) is 37.6 Å². The van der Waals surface area contributed by atoms with Crippen molar-refractivity contribution in [2.75, 3.05) is 6.61 Å². The van der Waals surface area contributed by atoms with Crippen molar-refractivity contribution in [3.8, 4) is 0 Å². The van der Waals surface area contributed by atoms with Crippen LogP contribution in [0.3, 0.4) is 0 Å². The normalized spacial score (nSPS) is 14.3. The van der Waals surface area contributed by atoms with Crippen molar-refractivity contribution in [3.05, 3.63) is 73.6 Å². The maximum Gasteiger partial charge on any atom is 0.334 e. The first-order valence-electron chi connectivity index (χ1n) is 11.6. The number of allylic oxidation sites excluding steroid dienone is 1. The maximum absolute atomic E-state index is 13.7. The summed E-state index contributed by atoms with van der Waals surface area (Å²) < 4.78 is 13.4. The Morgan fingerprint density at radius 3 is 2.31 bits per heavy atom.